The summed E-state index contributed by atoms with van der Waals surface area (Å²) in [6.07, 6.45) is 3.25. The molecule has 0 amide bonds. The van der Waals surface area contributed by atoms with Gasteiger partial charge < -0.3 is 0 Å². The molecule has 0 bridgehead atoms. The molecule has 2 aromatic rings. The molecule has 18 heavy (non-hydrogen) atoms. The second-order valence-electron chi connectivity index (χ2n) is 4.75. The van der Waals surface area contributed by atoms with Gasteiger partial charge >= 0.3 is 0 Å². The van der Waals surface area contributed by atoms with Gasteiger partial charge in [-0.25, -0.2) is 19.9 Å². The molecule has 94 valence electrons. The minimum atomic E-state index is -0.0786. The number of hydrogen-bond acceptors (Lipinski definition) is 5. The van der Waals surface area contributed by atoms with Crippen LogP contribution in [-0.2, 0) is 5.41 Å². The van der Waals surface area contributed by atoms with Crippen LogP contribution in [0.5, 0.6) is 0 Å². The van der Waals surface area contributed by atoms with Gasteiger partial charge in [-0.3, -0.25) is 0 Å². The number of nitrogens with zero attached hydrogens (tertiary/aromatic N) is 4. The average Bonchev–Trinajstić information content (AvgIpc) is 2.28. The van der Waals surface area contributed by atoms with Crippen molar-refractivity contribution in [3.8, 4) is 0 Å². The Bertz CT molecular complexity index is 540. The summed E-state index contributed by atoms with van der Waals surface area (Å²) in [5.41, 5.74) is -0.0786. The number of rotatable bonds is 2. The smallest absolute Gasteiger partial charge is 0.136 e. The fraction of sp³-hybridized carbons (Fsp3) is 0.333. The lowest BCUT2D eigenvalue weighted by atomic mass is 9.96. The first-order valence-electron chi connectivity index (χ1n) is 5.44. The van der Waals surface area contributed by atoms with Gasteiger partial charge in [-0.15, -0.1) is 0 Å². The van der Waals surface area contributed by atoms with E-state index in [1.54, 1.807) is 6.20 Å². The molecule has 2 rings (SSSR count). The molecule has 4 nitrogen and oxygen atoms in total. The Hall–Kier alpha value is -1.01. The summed E-state index contributed by atoms with van der Waals surface area (Å²) in [6.45, 7) is 6.27. The van der Waals surface area contributed by atoms with Crippen molar-refractivity contribution in [2.45, 2.75) is 36.2 Å². The van der Waals surface area contributed by atoms with Gasteiger partial charge in [0.05, 0.1) is 0 Å². The van der Waals surface area contributed by atoms with E-state index < -0.39 is 0 Å². The molecular weight excluding hydrogens is 312 g/mol. The lowest BCUT2D eigenvalue weighted by molar-refractivity contribution is 0.536. The minimum Gasteiger partial charge on any atom is -0.245 e. The molecule has 0 aliphatic carbocycles. The van der Waals surface area contributed by atoms with Crippen molar-refractivity contribution in [1.29, 1.82) is 0 Å². The predicted molar refractivity (Wildman–Crippen MR) is 74.6 cm³/mol. The Kier molecular flexibility index (Phi) is 3.97. The molecule has 0 spiro atoms. The van der Waals surface area contributed by atoms with Crippen LogP contribution in [0.15, 0.2) is 39.3 Å². The standard InChI is InChI=1S/C12H13BrN4S/c1-12(2,3)11-16-8(13)6-10(17-11)18-9-4-5-14-7-15-9/h4-7H,1-3H3. The highest BCUT2D eigenvalue weighted by Crippen LogP contribution is 2.28. The lowest BCUT2D eigenvalue weighted by Gasteiger charge is -2.17. The zero-order valence-corrected chi connectivity index (χ0v) is 12.8. The predicted octanol–water partition coefficient (Wildman–Crippen LogP) is 3.48. The van der Waals surface area contributed by atoms with E-state index in [2.05, 4.69) is 56.6 Å². The van der Waals surface area contributed by atoms with Gasteiger partial charge in [0.25, 0.3) is 0 Å². The first kappa shape index (κ1) is 13.4. The molecule has 0 saturated heterocycles. The topological polar surface area (TPSA) is 51.6 Å². The SMILES string of the molecule is CC(C)(C)c1nc(Br)cc(Sc2ccncn2)n1. The Morgan fingerprint density at radius 2 is 1.94 bits per heavy atom. The van der Waals surface area contributed by atoms with Crippen LogP contribution in [-0.4, -0.2) is 19.9 Å². The van der Waals surface area contributed by atoms with Crippen LogP contribution in [0.1, 0.15) is 26.6 Å². The molecule has 0 aliphatic heterocycles. The highest BCUT2D eigenvalue weighted by atomic mass is 79.9. The molecule has 2 heterocycles. The Morgan fingerprint density at radius 3 is 2.56 bits per heavy atom. The fourth-order valence-electron chi connectivity index (χ4n) is 1.23. The minimum absolute atomic E-state index is 0.0786. The summed E-state index contributed by atoms with van der Waals surface area (Å²) < 4.78 is 0.791. The van der Waals surface area contributed by atoms with Gasteiger partial charge in [-0.2, -0.15) is 0 Å². The highest BCUT2D eigenvalue weighted by molar-refractivity contribution is 9.10. The van der Waals surface area contributed by atoms with E-state index in [1.165, 1.54) is 18.1 Å². The normalized spacial score (nSPS) is 11.6. The zero-order valence-electron chi connectivity index (χ0n) is 10.4. The summed E-state index contributed by atoms with van der Waals surface area (Å²) in [6, 6.07) is 3.75. The van der Waals surface area contributed by atoms with Crippen molar-refractivity contribution < 1.29 is 0 Å². The largest absolute Gasteiger partial charge is 0.245 e. The molecular formula is C12H13BrN4S. The van der Waals surface area contributed by atoms with Crippen molar-refractivity contribution in [3.63, 3.8) is 0 Å². The lowest BCUT2D eigenvalue weighted by Crippen LogP contribution is -2.16. The molecule has 0 radical (unpaired) electrons. The van der Waals surface area contributed by atoms with Gasteiger partial charge in [0.15, 0.2) is 0 Å². The monoisotopic (exact) mass is 324 g/mol. The van der Waals surface area contributed by atoms with Crippen molar-refractivity contribution in [1.82, 2.24) is 19.9 Å². The first-order chi connectivity index (χ1) is 8.45. The van der Waals surface area contributed by atoms with Crippen LogP contribution in [0.4, 0.5) is 0 Å². The maximum Gasteiger partial charge on any atom is 0.136 e. The molecule has 0 fully saturated rings. The Balaban J connectivity index is 2.32. The van der Waals surface area contributed by atoms with Crippen molar-refractivity contribution in [2.24, 2.45) is 0 Å². The van der Waals surface area contributed by atoms with Crippen molar-refractivity contribution in [2.75, 3.05) is 0 Å². The Labute approximate surface area is 119 Å². The maximum absolute atomic E-state index is 4.56. The fourth-order valence-corrected chi connectivity index (χ4v) is 2.51. The molecule has 0 N–H and O–H groups in total. The van der Waals surface area contributed by atoms with E-state index in [9.17, 15) is 0 Å². The van der Waals surface area contributed by atoms with E-state index in [-0.39, 0.29) is 5.41 Å². The molecule has 0 unspecified atom stereocenters. The quantitative estimate of drug-likeness (QED) is 0.791. The van der Waals surface area contributed by atoms with Gasteiger partial charge in [0, 0.05) is 17.7 Å². The van der Waals surface area contributed by atoms with E-state index in [4.69, 9.17) is 0 Å². The van der Waals surface area contributed by atoms with E-state index in [0.717, 1.165) is 20.5 Å². The average molecular weight is 325 g/mol. The second kappa shape index (κ2) is 5.32. The molecule has 0 saturated carbocycles. The summed E-state index contributed by atoms with van der Waals surface area (Å²) >= 11 is 4.92. The molecule has 2 aromatic heterocycles. The van der Waals surface area contributed by atoms with Crippen molar-refractivity contribution in [3.05, 3.63) is 35.1 Å². The van der Waals surface area contributed by atoms with Gasteiger partial charge in [-0.1, -0.05) is 20.8 Å². The third-order valence-electron chi connectivity index (χ3n) is 2.11. The number of halogens is 1. The van der Waals surface area contributed by atoms with Gasteiger partial charge in [0.1, 0.15) is 26.8 Å². The van der Waals surface area contributed by atoms with Gasteiger partial charge in [0.2, 0.25) is 0 Å². The molecule has 6 heteroatoms. The van der Waals surface area contributed by atoms with Crippen molar-refractivity contribution >= 4 is 27.7 Å². The second-order valence-corrected chi connectivity index (χ2v) is 6.61. The zero-order chi connectivity index (χ0) is 13.2. The molecule has 0 aromatic carbocycles. The van der Waals surface area contributed by atoms with E-state index in [0.29, 0.717) is 0 Å². The highest BCUT2D eigenvalue weighted by Gasteiger charge is 2.19. The van der Waals surface area contributed by atoms with Crippen LogP contribution in [0.2, 0.25) is 0 Å². The third-order valence-corrected chi connectivity index (χ3v) is 3.38. The van der Waals surface area contributed by atoms with Gasteiger partial charge in [-0.05, 0) is 33.8 Å². The number of aromatic nitrogens is 4. The number of hydrogen-bond donors (Lipinski definition) is 0. The van der Waals surface area contributed by atoms with Crippen LogP contribution in [0.25, 0.3) is 0 Å². The van der Waals surface area contributed by atoms with Crippen LogP contribution in [0, 0.1) is 0 Å². The summed E-state index contributed by atoms with van der Waals surface area (Å²) in [5, 5.41) is 1.75. The summed E-state index contributed by atoms with van der Waals surface area (Å²) in [5.74, 6) is 0.813. The summed E-state index contributed by atoms with van der Waals surface area (Å²) in [7, 11) is 0. The maximum atomic E-state index is 4.56. The van der Waals surface area contributed by atoms with Crippen LogP contribution >= 0.6 is 27.7 Å². The van der Waals surface area contributed by atoms with E-state index >= 15 is 0 Å². The van der Waals surface area contributed by atoms with Crippen LogP contribution < -0.4 is 0 Å². The Morgan fingerprint density at radius 1 is 1.17 bits per heavy atom. The first-order valence-corrected chi connectivity index (χ1v) is 7.05. The van der Waals surface area contributed by atoms with E-state index in [1.807, 2.05) is 12.1 Å². The molecule has 0 aliphatic rings. The summed E-state index contributed by atoms with van der Waals surface area (Å²) in [4.78, 5) is 17.0. The third kappa shape index (κ3) is 3.49. The molecule has 0 atom stereocenters. The van der Waals surface area contributed by atoms with Crippen LogP contribution in [0.3, 0.4) is 0 Å².